The summed E-state index contributed by atoms with van der Waals surface area (Å²) in [5, 5.41) is 7.53. The van der Waals surface area contributed by atoms with Gasteiger partial charge in [0.1, 0.15) is 5.69 Å². The van der Waals surface area contributed by atoms with Crippen LogP contribution in [0.5, 0.6) is 0 Å². The largest absolute Gasteiger partial charge is 0.346 e. The average molecular weight is 284 g/mol. The van der Waals surface area contributed by atoms with Crippen LogP contribution >= 0.6 is 11.6 Å². The molecule has 5 heteroatoms. The van der Waals surface area contributed by atoms with Gasteiger partial charge in [-0.25, -0.2) is 0 Å². The molecule has 4 nitrogen and oxygen atoms in total. The summed E-state index contributed by atoms with van der Waals surface area (Å²) < 4.78 is 1.76. The number of nitrogens with one attached hydrogen (secondary N) is 1. The molecule has 0 radical (unpaired) electrons. The first-order valence-corrected chi connectivity index (χ1v) is 7.61. The van der Waals surface area contributed by atoms with Gasteiger partial charge in [0.15, 0.2) is 0 Å². The lowest BCUT2D eigenvalue weighted by Gasteiger charge is -2.27. The third-order valence-corrected chi connectivity index (χ3v) is 4.25. The molecule has 1 N–H and O–H groups in total. The van der Waals surface area contributed by atoms with Gasteiger partial charge in [-0.3, -0.25) is 9.48 Å². The number of carbonyl (C=O) groups is 1. The number of aromatic nitrogens is 2. The molecule has 1 amide bonds. The molecular formula is C14H22ClN3O. The Morgan fingerprint density at radius 1 is 1.47 bits per heavy atom. The number of nitrogens with zero attached hydrogens (tertiary/aromatic N) is 2. The van der Waals surface area contributed by atoms with Gasteiger partial charge in [0.2, 0.25) is 0 Å². The molecule has 0 spiro atoms. The molecule has 1 fully saturated rings. The Hall–Kier alpha value is -1.03. The minimum atomic E-state index is -0.0494. The highest BCUT2D eigenvalue weighted by molar-refractivity contribution is 6.21. The first-order chi connectivity index (χ1) is 9.15. The number of rotatable bonds is 4. The maximum absolute atomic E-state index is 12.3. The van der Waals surface area contributed by atoms with Gasteiger partial charge in [-0.2, -0.15) is 5.10 Å². The summed E-state index contributed by atoms with van der Waals surface area (Å²) in [5.41, 5.74) is 1.60. The van der Waals surface area contributed by atoms with Gasteiger partial charge in [0.25, 0.3) is 5.91 Å². The summed E-state index contributed by atoms with van der Waals surface area (Å²) in [6, 6.07) is 1.97. The maximum Gasteiger partial charge on any atom is 0.269 e. The van der Waals surface area contributed by atoms with E-state index in [9.17, 15) is 4.79 Å². The van der Waals surface area contributed by atoms with Crippen molar-refractivity contribution in [3.63, 3.8) is 0 Å². The second-order valence-corrected chi connectivity index (χ2v) is 5.63. The molecule has 2 unspecified atom stereocenters. The van der Waals surface area contributed by atoms with E-state index >= 15 is 0 Å². The quantitative estimate of drug-likeness (QED) is 0.864. The van der Waals surface area contributed by atoms with Crippen molar-refractivity contribution in [3.05, 3.63) is 17.5 Å². The van der Waals surface area contributed by atoms with Crippen molar-refractivity contribution in [2.75, 3.05) is 0 Å². The summed E-state index contributed by atoms with van der Waals surface area (Å²) in [5.74, 6) is -0.0494. The predicted octanol–water partition coefficient (Wildman–Crippen LogP) is 2.75. The molecule has 1 aliphatic rings. The number of amides is 1. The van der Waals surface area contributed by atoms with Gasteiger partial charge in [0.05, 0.1) is 11.1 Å². The molecule has 1 aromatic heterocycles. The Kier molecular flexibility index (Phi) is 4.86. The van der Waals surface area contributed by atoms with Crippen LogP contribution in [-0.4, -0.2) is 27.1 Å². The first-order valence-electron chi connectivity index (χ1n) is 7.17. The molecule has 1 saturated carbocycles. The number of hydrogen-bond acceptors (Lipinski definition) is 2. The molecule has 0 aromatic carbocycles. The fourth-order valence-electron chi connectivity index (χ4n) is 2.56. The van der Waals surface area contributed by atoms with E-state index in [0.29, 0.717) is 12.2 Å². The average Bonchev–Trinajstić information content (AvgIpc) is 2.84. The lowest BCUT2D eigenvalue weighted by molar-refractivity contribution is 0.0918. The summed E-state index contributed by atoms with van der Waals surface area (Å²) in [6.07, 6.45) is 5.10. The van der Waals surface area contributed by atoms with Crippen LogP contribution in [0.4, 0.5) is 0 Å². The molecule has 1 aromatic rings. The lowest BCUT2D eigenvalue weighted by Crippen LogP contribution is -2.43. The molecule has 0 bridgehead atoms. The Labute approximate surface area is 119 Å². The van der Waals surface area contributed by atoms with Crippen molar-refractivity contribution in [2.24, 2.45) is 0 Å². The number of aryl methyl sites for hydroxylation is 2. The summed E-state index contributed by atoms with van der Waals surface area (Å²) in [6.45, 7) is 4.74. The number of hydrogen-bond donors (Lipinski definition) is 1. The molecule has 2 rings (SSSR count). The minimum Gasteiger partial charge on any atom is -0.346 e. The minimum absolute atomic E-state index is 0.0494. The second-order valence-electron chi connectivity index (χ2n) is 5.07. The van der Waals surface area contributed by atoms with Crippen molar-refractivity contribution in [1.82, 2.24) is 15.1 Å². The smallest absolute Gasteiger partial charge is 0.269 e. The predicted molar refractivity (Wildman–Crippen MR) is 76.6 cm³/mol. The standard InChI is InChI=1S/C14H22ClN3O/c1-3-10-9-13(18(4-2)17-10)14(19)16-12-8-6-5-7-11(12)15/h9,11-12H,3-8H2,1-2H3,(H,16,19). The van der Waals surface area contributed by atoms with E-state index in [1.807, 2.05) is 19.9 Å². The van der Waals surface area contributed by atoms with E-state index in [-0.39, 0.29) is 17.3 Å². The Bertz CT molecular complexity index is 444. The van der Waals surface area contributed by atoms with Crippen molar-refractivity contribution in [3.8, 4) is 0 Å². The fourth-order valence-corrected chi connectivity index (χ4v) is 2.90. The monoisotopic (exact) mass is 283 g/mol. The highest BCUT2D eigenvalue weighted by Gasteiger charge is 2.26. The molecular weight excluding hydrogens is 262 g/mol. The van der Waals surface area contributed by atoms with Crippen LogP contribution in [0.1, 0.15) is 55.7 Å². The fraction of sp³-hybridized carbons (Fsp3) is 0.714. The summed E-state index contributed by atoms with van der Waals surface area (Å²) in [4.78, 5) is 12.3. The number of alkyl halides is 1. The molecule has 2 atom stereocenters. The molecule has 0 saturated heterocycles. The van der Waals surface area contributed by atoms with Crippen molar-refractivity contribution < 1.29 is 4.79 Å². The van der Waals surface area contributed by atoms with E-state index in [4.69, 9.17) is 11.6 Å². The third kappa shape index (κ3) is 3.30. The van der Waals surface area contributed by atoms with Crippen LogP contribution in [0.3, 0.4) is 0 Å². The zero-order chi connectivity index (χ0) is 13.8. The summed E-state index contributed by atoms with van der Waals surface area (Å²) in [7, 11) is 0. The van der Waals surface area contributed by atoms with Crippen LogP contribution in [0.15, 0.2) is 6.07 Å². The van der Waals surface area contributed by atoms with Crippen molar-refractivity contribution in [2.45, 2.75) is 63.9 Å². The zero-order valence-electron chi connectivity index (χ0n) is 11.7. The summed E-state index contributed by atoms with van der Waals surface area (Å²) >= 11 is 6.28. The molecule has 106 valence electrons. The highest BCUT2D eigenvalue weighted by Crippen LogP contribution is 2.23. The van der Waals surface area contributed by atoms with Crippen molar-refractivity contribution in [1.29, 1.82) is 0 Å². The van der Waals surface area contributed by atoms with Crippen molar-refractivity contribution >= 4 is 17.5 Å². The van der Waals surface area contributed by atoms with Gasteiger partial charge in [0, 0.05) is 12.6 Å². The Morgan fingerprint density at radius 3 is 2.84 bits per heavy atom. The zero-order valence-corrected chi connectivity index (χ0v) is 12.4. The van der Waals surface area contributed by atoms with Crippen LogP contribution in [0.2, 0.25) is 0 Å². The maximum atomic E-state index is 12.3. The molecule has 19 heavy (non-hydrogen) atoms. The van der Waals surface area contributed by atoms with Crippen LogP contribution in [-0.2, 0) is 13.0 Å². The van der Waals surface area contributed by atoms with Gasteiger partial charge in [-0.05, 0) is 32.3 Å². The third-order valence-electron chi connectivity index (χ3n) is 3.72. The van der Waals surface area contributed by atoms with E-state index in [0.717, 1.165) is 37.8 Å². The Morgan fingerprint density at radius 2 is 2.21 bits per heavy atom. The normalized spacial score (nSPS) is 23.3. The van der Waals surface area contributed by atoms with E-state index < -0.39 is 0 Å². The molecule has 0 aliphatic heterocycles. The van der Waals surface area contributed by atoms with E-state index in [1.54, 1.807) is 4.68 Å². The molecule has 1 aliphatic carbocycles. The van der Waals surface area contributed by atoms with Gasteiger partial charge in [-0.15, -0.1) is 11.6 Å². The number of carbonyl (C=O) groups excluding carboxylic acids is 1. The van der Waals surface area contributed by atoms with E-state index in [1.165, 1.54) is 0 Å². The van der Waals surface area contributed by atoms with Gasteiger partial charge in [-0.1, -0.05) is 19.8 Å². The lowest BCUT2D eigenvalue weighted by atomic mass is 9.95. The van der Waals surface area contributed by atoms with Crippen LogP contribution in [0, 0.1) is 0 Å². The van der Waals surface area contributed by atoms with Crippen LogP contribution < -0.4 is 5.32 Å². The Balaban J connectivity index is 2.08. The van der Waals surface area contributed by atoms with Gasteiger partial charge >= 0.3 is 0 Å². The van der Waals surface area contributed by atoms with Gasteiger partial charge < -0.3 is 5.32 Å². The first kappa shape index (κ1) is 14.4. The molecule has 1 heterocycles. The highest BCUT2D eigenvalue weighted by atomic mass is 35.5. The van der Waals surface area contributed by atoms with Crippen LogP contribution in [0.25, 0.3) is 0 Å². The topological polar surface area (TPSA) is 46.9 Å². The number of halogens is 1. The van der Waals surface area contributed by atoms with E-state index in [2.05, 4.69) is 10.4 Å². The second kappa shape index (κ2) is 6.42. The SMILES string of the molecule is CCc1cc(C(=O)NC2CCCCC2Cl)n(CC)n1.